The number of aromatic nitrogens is 2. The van der Waals surface area contributed by atoms with Gasteiger partial charge in [0.25, 0.3) is 0 Å². The van der Waals surface area contributed by atoms with Gasteiger partial charge >= 0.3 is 0 Å². The number of hydrogen-bond acceptors (Lipinski definition) is 6. The second kappa shape index (κ2) is 8.69. The number of fused-ring (bicyclic) bond motifs is 3. The molecule has 0 bridgehead atoms. The Kier molecular flexibility index (Phi) is 6.58. The van der Waals surface area contributed by atoms with Gasteiger partial charge in [0, 0.05) is 17.1 Å². The van der Waals surface area contributed by atoms with Crippen LogP contribution in [0.2, 0.25) is 0 Å². The van der Waals surface area contributed by atoms with E-state index in [4.69, 9.17) is 15.5 Å². The molecule has 2 N–H and O–H groups in total. The second-order valence-corrected chi connectivity index (χ2v) is 9.28. The first-order chi connectivity index (χ1) is 12.1. The first-order valence-electron chi connectivity index (χ1n) is 9.42. The maximum Gasteiger partial charge on any atom is 0.190 e. The van der Waals surface area contributed by atoms with Crippen molar-refractivity contribution in [2.24, 2.45) is 5.92 Å². The summed E-state index contributed by atoms with van der Waals surface area (Å²) in [6.07, 6.45) is 7.64. The fourth-order valence-electron chi connectivity index (χ4n) is 3.25. The van der Waals surface area contributed by atoms with E-state index in [1.807, 2.05) is 0 Å². The van der Waals surface area contributed by atoms with Crippen LogP contribution in [0.3, 0.4) is 0 Å². The highest BCUT2D eigenvalue weighted by Gasteiger charge is 2.27. The summed E-state index contributed by atoms with van der Waals surface area (Å²) in [5.41, 5.74) is 7.64. The van der Waals surface area contributed by atoms with E-state index in [1.54, 1.807) is 23.1 Å². The highest BCUT2D eigenvalue weighted by Crippen LogP contribution is 2.39. The van der Waals surface area contributed by atoms with Crippen LogP contribution in [0.4, 0.5) is 5.82 Å². The molecule has 1 aliphatic rings. The van der Waals surface area contributed by atoms with Crippen LogP contribution in [-0.2, 0) is 17.8 Å². The number of anilines is 1. The molecule has 1 atom stereocenters. The van der Waals surface area contributed by atoms with E-state index in [1.165, 1.54) is 42.5 Å². The van der Waals surface area contributed by atoms with E-state index in [-0.39, 0.29) is 6.10 Å². The van der Waals surface area contributed by atoms with Crippen molar-refractivity contribution in [1.82, 2.24) is 9.97 Å². The Bertz CT molecular complexity index is 714. The van der Waals surface area contributed by atoms with Gasteiger partial charge in [0.2, 0.25) is 0 Å². The molecule has 3 rings (SSSR count). The molecule has 0 aromatic carbocycles. The van der Waals surface area contributed by atoms with Crippen molar-refractivity contribution in [2.45, 2.75) is 77.2 Å². The van der Waals surface area contributed by atoms with Gasteiger partial charge in [-0.1, -0.05) is 58.2 Å². The molecular formula is C19H29N3OS2. The monoisotopic (exact) mass is 379 g/mol. The lowest BCUT2D eigenvalue weighted by Gasteiger charge is -2.26. The Balaban J connectivity index is 1.71. The van der Waals surface area contributed by atoms with Gasteiger partial charge in [0.15, 0.2) is 5.16 Å². The predicted molar refractivity (Wildman–Crippen MR) is 108 cm³/mol. The van der Waals surface area contributed by atoms with Gasteiger partial charge in [-0.25, -0.2) is 9.97 Å². The van der Waals surface area contributed by atoms with Crippen LogP contribution in [0.15, 0.2) is 5.16 Å². The number of thiophene rings is 1. The number of rotatable bonds is 8. The summed E-state index contributed by atoms with van der Waals surface area (Å²) in [5, 5.41) is 1.89. The van der Waals surface area contributed by atoms with E-state index in [0.29, 0.717) is 18.3 Å². The molecule has 0 saturated carbocycles. The van der Waals surface area contributed by atoms with Crippen molar-refractivity contribution in [2.75, 3.05) is 11.5 Å². The SMILES string of the molecule is CCCCCCCSc1nc(N)c2c3c(sc2n1)CO[C@@H](C(C)C)C3. The van der Waals surface area contributed by atoms with Gasteiger partial charge in [-0.05, 0) is 17.9 Å². The van der Waals surface area contributed by atoms with Gasteiger partial charge in [0.1, 0.15) is 10.6 Å². The maximum absolute atomic E-state index is 6.32. The molecule has 2 aromatic rings. The third kappa shape index (κ3) is 4.47. The zero-order valence-corrected chi connectivity index (χ0v) is 17.1. The number of unbranched alkanes of at least 4 members (excludes halogenated alkanes) is 4. The Morgan fingerprint density at radius 2 is 2.04 bits per heavy atom. The van der Waals surface area contributed by atoms with Crippen molar-refractivity contribution in [1.29, 1.82) is 0 Å². The van der Waals surface area contributed by atoms with Crippen LogP contribution in [0.1, 0.15) is 63.3 Å². The second-order valence-electron chi connectivity index (χ2n) is 7.14. The summed E-state index contributed by atoms with van der Waals surface area (Å²) in [5.74, 6) is 2.21. The fraction of sp³-hybridized carbons (Fsp3) is 0.684. The number of nitrogens with two attached hydrogens (primary N) is 1. The predicted octanol–water partition coefficient (Wildman–Crippen LogP) is 5.43. The summed E-state index contributed by atoms with van der Waals surface area (Å²) in [6.45, 7) is 7.34. The summed E-state index contributed by atoms with van der Waals surface area (Å²) in [6, 6.07) is 0. The maximum atomic E-state index is 6.32. The Labute approximate surface area is 159 Å². The lowest BCUT2D eigenvalue weighted by atomic mass is 9.96. The number of thioether (sulfide) groups is 1. The average Bonchev–Trinajstić information content (AvgIpc) is 2.95. The van der Waals surface area contributed by atoms with E-state index in [2.05, 4.69) is 25.8 Å². The van der Waals surface area contributed by atoms with Crippen molar-refractivity contribution in [3.8, 4) is 0 Å². The molecule has 0 amide bonds. The van der Waals surface area contributed by atoms with Crippen molar-refractivity contribution >= 4 is 39.1 Å². The minimum atomic E-state index is 0.266. The molecule has 138 valence electrons. The summed E-state index contributed by atoms with van der Waals surface area (Å²) >= 11 is 3.45. The van der Waals surface area contributed by atoms with Crippen molar-refractivity contribution in [3.63, 3.8) is 0 Å². The molecule has 0 spiro atoms. The minimum absolute atomic E-state index is 0.266. The van der Waals surface area contributed by atoms with Crippen LogP contribution >= 0.6 is 23.1 Å². The molecule has 0 fully saturated rings. The van der Waals surface area contributed by atoms with Gasteiger partial charge in [-0.15, -0.1) is 11.3 Å². The van der Waals surface area contributed by atoms with Gasteiger partial charge in [-0.2, -0.15) is 0 Å². The fourth-order valence-corrected chi connectivity index (χ4v) is 5.29. The number of ether oxygens (including phenoxy) is 1. The molecule has 0 radical (unpaired) electrons. The molecule has 1 aliphatic heterocycles. The molecule has 6 heteroatoms. The van der Waals surface area contributed by atoms with Crippen molar-refractivity contribution in [3.05, 3.63) is 10.4 Å². The molecule has 0 unspecified atom stereocenters. The van der Waals surface area contributed by atoms with Gasteiger partial charge in [-0.3, -0.25) is 0 Å². The minimum Gasteiger partial charge on any atom is -0.383 e. The highest BCUT2D eigenvalue weighted by atomic mass is 32.2. The molecule has 0 saturated heterocycles. The van der Waals surface area contributed by atoms with Crippen LogP contribution in [-0.4, -0.2) is 21.8 Å². The van der Waals surface area contributed by atoms with Crippen LogP contribution in [0.25, 0.3) is 10.2 Å². The molecular weight excluding hydrogens is 350 g/mol. The third-order valence-corrected chi connectivity index (χ3v) is 6.83. The zero-order valence-electron chi connectivity index (χ0n) is 15.5. The van der Waals surface area contributed by atoms with E-state index < -0.39 is 0 Å². The Hall–Kier alpha value is -0.850. The smallest absolute Gasteiger partial charge is 0.190 e. The molecule has 25 heavy (non-hydrogen) atoms. The lowest BCUT2D eigenvalue weighted by molar-refractivity contribution is 0.00203. The molecule has 0 aliphatic carbocycles. The lowest BCUT2D eigenvalue weighted by Crippen LogP contribution is -2.26. The quantitative estimate of drug-likeness (QED) is 0.376. The van der Waals surface area contributed by atoms with E-state index in [0.717, 1.165) is 27.5 Å². The van der Waals surface area contributed by atoms with Gasteiger partial charge < -0.3 is 10.5 Å². The van der Waals surface area contributed by atoms with Gasteiger partial charge in [0.05, 0.1) is 18.1 Å². The highest BCUT2D eigenvalue weighted by molar-refractivity contribution is 7.99. The Morgan fingerprint density at radius 3 is 2.80 bits per heavy atom. The van der Waals surface area contributed by atoms with Crippen molar-refractivity contribution < 1.29 is 4.74 Å². The molecule has 2 aromatic heterocycles. The largest absolute Gasteiger partial charge is 0.383 e. The summed E-state index contributed by atoms with van der Waals surface area (Å²) in [7, 11) is 0. The topological polar surface area (TPSA) is 61.0 Å². The first kappa shape index (κ1) is 18.9. The number of nitrogen functional groups attached to an aromatic ring is 1. The summed E-state index contributed by atoms with van der Waals surface area (Å²) < 4.78 is 5.99. The standard InChI is InChI=1S/C19H29N3OS2/c1-4-5-6-7-8-9-24-19-21-17(20)16-13-10-14(12(2)3)23-11-15(13)25-18(16)22-19/h12,14H,4-11H2,1-3H3,(H2,20,21,22)/t14-/m1/s1. The van der Waals surface area contributed by atoms with E-state index >= 15 is 0 Å². The Morgan fingerprint density at radius 1 is 1.24 bits per heavy atom. The van der Waals surface area contributed by atoms with Crippen LogP contribution in [0.5, 0.6) is 0 Å². The van der Waals surface area contributed by atoms with Crippen LogP contribution in [0, 0.1) is 5.92 Å². The third-order valence-electron chi connectivity index (χ3n) is 4.80. The molecule has 3 heterocycles. The average molecular weight is 380 g/mol. The number of hydrogen-bond donors (Lipinski definition) is 1. The zero-order chi connectivity index (χ0) is 17.8. The normalized spacial score (nSPS) is 17.4. The van der Waals surface area contributed by atoms with Crippen LogP contribution < -0.4 is 5.73 Å². The molecule has 4 nitrogen and oxygen atoms in total. The summed E-state index contributed by atoms with van der Waals surface area (Å²) in [4.78, 5) is 11.7. The first-order valence-corrected chi connectivity index (χ1v) is 11.2. The number of nitrogens with zero attached hydrogens (tertiary/aromatic N) is 2. The van der Waals surface area contributed by atoms with E-state index in [9.17, 15) is 0 Å².